The minimum atomic E-state index is 0.284. The van der Waals surface area contributed by atoms with E-state index < -0.39 is 0 Å². The van der Waals surface area contributed by atoms with Crippen LogP contribution in [0, 0.1) is 26.2 Å². The van der Waals surface area contributed by atoms with Gasteiger partial charge in [-0.25, -0.2) is 4.57 Å². The van der Waals surface area contributed by atoms with E-state index in [-0.39, 0.29) is 5.41 Å². The summed E-state index contributed by atoms with van der Waals surface area (Å²) in [6, 6.07) is 17.9. The summed E-state index contributed by atoms with van der Waals surface area (Å²) in [6.45, 7) is 13.6. The summed E-state index contributed by atoms with van der Waals surface area (Å²) in [4.78, 5) is 0. The molecule has 1 heteroatoms. The Morgan fingerprint density at radius 3 is 2.04 bits per heavy atom. The van der Waals surface area contributed by atoms with Gasteiger partial charge in [0.25, 0.3) is 0 Å². The molecule has 2 aromatic carbocycles. The van der Waals surface area contributed by atoms with E-state index in [0.29, 0.717) is 0 Å². The predicted octanol–water partition coefficient (Wildman–Crippen LogP) is 6.36. The van der Waals surface area contributed by atoms with E-state index in [0.717, 1.165) is 6.42 Å². The lowest BCUT2D eigenvalue weighted by atomic mass is 9.87. The molecule has 1 nitrogen and oxygen atoms in total. The highest BCUT2D eigenvalue weighted by atomic mass is 14.9. The lowest BCUT2D eigenvalue weighted by molar-refractivity contribution is -0.660. The number of pyridine rings is 1. The van der Waals surface area contributed by atoms with Crippen LogP contribution < -0.4 is 4.57 Å². The summed E-state index contributed by atoms with van der Waals surface area (Å²) in [6.07, 6.45) is 3.28. The monoisotopic (exact) mass is 358 g/mol. The Bertz CT molecular complexity index is 954. The highest BCUT2D eigenvalue weighted by molar-refractivity contribution is 5.79. The highest BCUT2D eigenvalue weighted by Crippen LogP contribution is 2.34. The van der Waals surface area contributed by atoms with Crippen LogP contribution in [-0.4, -0.2) is 0 Å². The molecule has 0 unspecified atom stereocenters. The van der Waals surface area contributed by atoms with Crippen LogP contribution in [0.5, 0.6) is 0 Å². The van der Waals surface area contributed by atoms with Gasteiger partial charge in [0.05, 0.1) is 0 Å². The number of aryl methyl sites for hydroxylation is 3. The van der Waals surface area contributed by atoms with E-state index in [1.165, 1.54) is 44.6 Å². The lowest BCUT2D eigenvalue weighted by Crippen LogP contribution is -2.31. The van der Waals surface area contributed by atoms with Gasteiger partial charge in [-0.3, -0.25) is 0 Å². The van der Waals surface area contributed by atoms with Gasteiger partial charge in [-0.1, -0.05) is 51.1 Å². The van der Waals surface area contributed by atoms with Crippen LogP contribution in [0.1, 0.15) is 43.0 Å². The Balaban J connectivity index is 2.16. The second kappa shape index (κ2) is 7.31. The van der Waals surface area contributed by atoms with E-state index in [4.69, 9.17) is 0 Å². The topological polar surface area (TPSA) is 3.88 Å². The maximum atomic E-state index is 2.36. The van der Waals surface area contributed by atoms with Gasteiger partial charge >= 0.3 is 0 Å². The first kappa shape index (κ1) is 19.4. The fraction of sp³-hybridized carbons (Fsp3) is 0.346. The van der Waals surface area contributed by atoms with E-state index in [1.54, 1.807) is 0 Å². The highest BCUT2D eigenvalue weighted by Gasteiger charge is 2.19. The number of nitrogens with zero attached hydrogens (tertiary/aromatic N) is 1. The first-order valence-corrected chi connectivity index (χ1v) is 9.82. The molecular formula is C26H32N+. The van der Waals surface area contributed by atoms with E-state index in [2.05, 4.69) is 108 Å². The fourth-order valence-corrected chi connectivity index (χ4v) is 4.03. The third-order valence-corrected chi connectivity index (χ3v) is 5.31. The minimum absolute atomic E-state index is 0.284. The molecule has 0 radical (unpaired) electrons. The van der Waals surface area contributed by atoms with Crippen LogP contribution in [0.15, 0.2) is 54.7 Å². The molecule has 0 aliphatic heterocycles. The fourth-order valence-electron chi connectivity index (χ4n) is 4.03. The maximum Gasteiger partial charge on any atom is 0.212 e. The minimum Gasteiger partial charge on any atom is -0.201 e. The maximum absolute atomic E-state index is 2.36. The Labute approximate surface area is 164 Å². The summed E-state index contributed by atoms with van der Waals surface area (Å²) >= 11 is 0. The van der Waals surface area contributed by atoms with Crippen molar-refractivity contribution in [1.82, 2.24) is 0 Å². The molecule has 0 aliphatic carbocycles. The molecule has 0 spiro atoms. The van der Waals surface area contributed by atoms with Crippen LogP contribution >= 0.6 is 0 Å². The van der Waals surface area contributed by atoms with Gasteiger partial charge in [0.2, 0.25) is 5.69 Å². The smallest absolute Gasteiger partial charge is 0.201 e. The number of hydrogen-bond donors (Lipinski definition) is 0. The van der Waals surface area contributed by atoms with Crippen molar-refractivity contribution in [2.24, 2.45) is 12.5 Å². The van der Waals surface area contributed by atoms with Gasteiger partial charge in [0.1, 0.15) is 7.05 Å². The Morgan fingerprint density at radius 1 is 0.815 bits per heavy atom. The summed E-state index contributed by atoms with van der Waals surface area (Å²) in [5.74, 6) is 0. The molecule has 0 fully saturated rings. The number of hydrogen-bond acceptors (Lipinski definition) is 0. The van der Waals surface area contributed by atoms with Crippen LogP contribution in [0.25, 0.3) is 22.4 Å². The number of rotatable bonds is 3. The van der Waals surface area contributed by atoms with Gasteiger partial charge in [-0.15, -0.1) is 0 Å². The van der Waals surface area contributed by atoms with Crippen LogP contribution in [0.4, 0.5) is 0 Å². The third kappa shape index (κ3) is 4.13. The molecule has 3 aromatic rings. The summed E-state index contributed by atoms with van der Waals surface area (Å²) in [5.41, 5.74) is 11.0. The molecule has 0 bridgehead atoms. The average Bonchev–Trinajstić information content (AvgIpc) is 2.57. The average molecular weight is 359 g/mol. The Hall–Kier alpha value is -2.41. The Morgan fingerprint density at radius 2 is 1.41 bits per heavy atom. The number of aromatic nitrogens is 1. The van der Waals surface area contributed by atoms with Crippen LogP contribution in [0.3, 0.4) is 0 Å². The van der Waals surface area contributed by atoms with Crippen molar-refractivity contribution in [2.75, 3.05) is 0 Å². The molecule has 1 heterocycles. The first-order chi connectivity index (χ1) is 12.7. The quantitative estimate of drug-likeness (QED) is 0.480. The van der Waals surface area contributed by atoms with E-state index >= 15 is 0 Å². The molecule has 27 heavy (non-hydrogen) atoms. The van der Waals surface area contributed by atoms with Gasteiger partial charge in [-0.05, 0) is 72.1 Å². The van der Waals surface area contributed by atoms with Crippen molar-refractivity contribution >= 4 is 0 Å². The van der Waals surface area contributed by atoms with Crippen LogP contribution in [-0.2, 0) is 13.5 Å². The van der Waals surface area contributed by atoms with Crippen molar-refractivity contribution in [3.63, 3.8) is 0 Å². The van der Waals surface area contributed by atoms with Gasteiger partial charge in [0, 0.05) is 17.7 Å². The first-order valence-electron chi connectivity index (χ1n) is 9.82. The zero-order valence-corrected chi connectivity index (χ0v) is 17.9. The second-order valence-electron chi connectivity index (χ2n) is 9.01. The van der Waals surface area contributed by atoms with Crippen LogP contribution in [0.2, 0.25) is 0 Å². The predicted molar refractivity (Wildman–Crippen MR) is 116 cm³/mol. The van der Waals surface area contributed by atoms with Crippen molar-refractivity contribution in [3.8, 4) is 22.4 Å². The summed E-state index contributed by atoms with van der Waals surface area (Å²) in [5, 5.41) is 0. The molecular weight excluding hydrogens is 326 g/mol. The second-order valence-corrected chi connectivity index (χ2v) is 9.01. The lowest BCUT2D eigenvalue weighted by Gasteiger charge is -2.18. The van der Waals surface area contributed by atoms with Crippen molar-refractivity contribution in [1.29, 1.82) is 0 Å². The molecule has 0 saturated carbocycles. The number of benzene rings is 2. The molecule has 0 aliphatic rings. The molecule has 0 saturated heterocycles. The summed E-state index contributed by atoms with van der Waals surface area (Å²) < 4.78 is 2.24. The van der Waals surface area contributed by atoms with Crippen molar-refractivity contribution < 1.29 is 4.57 Å². The molecule has 1 aromatic heterocycles. The zero-order chi connectivity index (χ0) is 19.8. The normalized spacial score (nSPS) is 11.7. The molecule has 0 atom stereocenters. The Kier molecular flexibility index (Phi) is 5.24. The van der Waals surface area contributed by atoms with E-state index in [9.17, 15) is 0 Å². The molecule has 0 N–H and O–H groups in total. The molecule has 140 valence electrons. The van der Waals surface area contributed by atoms with Crippen molar-refractivity contribution in [2.45, 2.75) is 48.0 Å². The third-order valence-electron chi connectivity index (χ3n) is 5.31. The van der Waals surface area contributed by atoms with E-state index in [1.807, 2.05) is 0 Å². The van der Waals surface area contributed by atoms with Gasteiger partial charge in [-0.2, -0.15) is 0 Å². The standard InChI is InChI=1S/C26H32N/c1-18-10-8-11-19(2)25(18)23-13-9-12-22(20(23)3)24-16-21(14-15-27(24)7)17-26(4,5)6/h8-16H,17H2,1-7H3/q+1. The van der Waals surface area contributed by atoms with Gasteiger partial charge < -0.3 is 0 Å². The largest absolute Gasteiger partial charge is 0.212 e. The zero-order valence-electron chi connectivity index (χ0n) is 17.9. The molecule has 3 rings (SSSR count). The molecule has 0 amide bonds. The summed E-state index contributed by atoms with van der Waals surface area (Å²) in [7, 11) is 2.14. The van der Waals surface area contributed by atoms with Gasteiger partial charge in [0.15, 0.2) is 6.20 Å². The van der Waals surface area contributed by atoms with Crippen molar-refractivity contribution in [3.05, 3.63) is 77.0 Å². The SMILES string of the molecule is Cc1cccc(C)c1-c1cccc(-c2cc(CC(C)(C)C)cc[n+]2C)c1C.